The van der Waals surface area contributed by atoms with E-state index in [9.17, 15) is 0 Å². The van der Waals surface area contributed by atoms with Crippen LogP contribution >= 0.6 is 0 Å². The third-order valence-electron chi connectivity index (χ3n) is 2.20. The van der Waals surface area contributed by atoms with Gasteiger partial charge < -0.3 is 10.2 Å². The van der Waals surface area contributed by atoms with Gasteiger partial charge in [-0.05, 0) is 20.4 Å². The van der Waals surface area contributed by atoms with Crippen LogP contribution in [0.5, 0.6) is 0 Å². The van der Waals surface area contributed by atoms with Crippen LogP contribution in [0.15, 0.2) is 0 Å². The van der Waals surface area contributed by atoms with Gasteiger partial charge in [0.15, 0.2) is 0 Å². The number of likely N-dealkylation sites (tertiary alicyclic amines) is 1. The third kappa shape index (κ3) is 1.96. The number of hydrogen-bond donors (Lipinski definition) is 1. The summed E-state index contributed by atoms with van der Waals surface area (Å²) in [4.78, 5) is 2.33. The zero-order chi connectivity index (χ0) is 7.56. The lowest BCUT2D eigenvalue weighted by molar-refractivity contribution is 0.152. The number of hydrogen-bond acceptors (Lipinski definition) is 2. The number of rotatable bonds is 3. The molecule has 1 aliphatic rings. The van der Waals surface area contributed by atoms with Gasteiger partial charge in [0, 0.05) is 25.2 Å². The van der Waals surface area contributed by atoms with E-state index in [0.717, 1.165) is 6.04 Å². The molecule has 1 aliphatic heterocycles. The first-order valence-electron chi connectivity index (χ1n) is 4.17. The molecule has 0 aromatic carbocycles. The molecule has 2 heteroatoms. The summed E-state index contributed by atoms with van der Waals surface area (Å²) in [7, 11) is 2.16. The quantitative estimate of drug-likeness (QED) is 0.623. The predicted octanol–water partition coefficient (Wildman–Crippen LogP) is 0.688. The van der Waals surface area contributed by atoms with E-state index in [1.807, 2.05) is 0 Å². The van der Waals surface area contributed by atoms with E-state index in [1.54, 1.807) is 0 Å². The van der Waals surface area contributed by atoms with Crippen LogP contribution < -0.4 is 5.32 Å². The Morgan fingerprint density at radius 1 is 1.60 bits per heavy atom. The van der Waals surface area contributed by atoms with Gasteiger partial charge in [0.05, 0.1) is 0 Å². The maximum atomic E-state index is 3.55. The van der Waals surface area contributed by atoms with E-state index in [2.05, 4.69) is 31.1 Å². The van der Waals surface area contributed by atoms with Gasteiger partial charge in [-0.15, -0.1) is 0 Å². The van der Waals surface area contributed by atoms with Crippen LogP contribution in [0.25, 0.3) is 0 Å². The van der Waals surface area contributed by atoms with Crippen molar-refractivity contribution in [3.05, 3.63) is 0 Å². The van der Waals surface area contributed by atoms with Crippen molar-refractivity contribution in [1.82, 2.24) is 10.2 Å². The molecule has 1 unspecified atom stereocenters. The fourth-order valence-electron chi connectivity index (χ4n) is 1.32. The van der Waals surface area contributed by atoms with Crippen molar-refractivity contribution in [2.75, 3.05) is 20.1 Å². The molecule has 1 saturated heterocycles. The molecule has 2 nitrogen and oxygen atoms in total. The fourth-order valence-corrected chi connectivity index (χ4v) is 1.32. The third-order valence-corrected chi connectivity index (χ3v) is 2.20. The summed E-state index contributed by atoms with van der Waals surface area (Å²) in [6.07, 6.45) is 1.24. The molecule has 0 bridgehead atoms. The highest BCUT2D eigenvalue weighted by Gasteiger charge is 2.23. The highest BCUT2D eigenvalue weighted by atomic mass is 15.2. The Balaban J connectivity index is 2.04. The van der Waals surface area contributed by atoms with E-state index in [1.165, 1.54) is 19.5 Å². The Labute approximate surface area is 63.6 Å². The molecule has 0 spiro atoms. The Morgan fingerprint density at radius 2 is 2.20 bits per heavy atom. The van der Waals surface area contributed by atoms with Gasteiger partial charge in [-0.1, -0.05) is 6.92 Å². The van der Waals surface area contributed by atoms with Crippen LogP contribution in [0.4, 0.5) is 0 Å². The largest absolute Gasteiger partial charge is 0.309 e. The zero-order valence-corrected chi connectivity index (χ0v) is 7.22. The lowest BCUT2D eigenvalue weighted by atomic mass is 10.1. The van der Waals surface area contributed by atoms with Crippen LogP contribution in [0, 0.1) is 0 Å². The second kappa shape index (κ2) is 3.35. The SMILES string of the molecule is CCC(C)NC1CN(C)C1. The molecule has 0 saturated carbocycles. The second-order valence-electron chi connectivity index (χ2n) is 3.39. The van der Waals surface area contributed by atoms with Crippen molar-refractivity contribution in [1.29, 1.82) is 0 Å². The summed E-state index contributed by atoms with van der Waals surface area (Å²) in [6, 6.07) is 1.46. The maximum Gasteiger partial charge on any atom is 0.0324 e. The van der Waals surface area contributed by atoms with Crippen molar-refractivity contribution < 1.29 is 0 Å². The van der Waals surface area contributed by atoms with E-state index in [4.69, 9.17) is 0 Å². The van der Waals surface area contributed by atoms with Crippen LogP contribution in [-0.2, 0) is 0 Å². The monoisotopic (exact) mass is 142 g/mol. The first-order chi connectivity index (χ1) is 4.72. The van der Waals surface area contributed by atoms with Crippen molar-refractivity contribution in [2.45, 2.75) is 32.4 Å². The van der Waals surface area contributed by atoms with Crippen LogP contribution in [0.2, 0.25) is 0 Å². The first-order valence-corrected chi connectivity index (χ1v) is 4.17. The van der Waals surface area contributed by atoms with E-state index >= 15 is 0 Å². The average Bonchev–Trinajstić information content (AvgIpc) is 1.84. The van der Waals surface area contributed by atoms with Crippen molar-refractivity contribution >= 4 is 0 Å². The normalized spacial score (nSPS) is 24.3. The summed E-state index contributed by atoms with van der Waals surface area (Å²) < 4.78 is 0. The molecule has 10 heavy (non-hydrogen) atoms. The second-order valence-corrected chi connectivity index (χ2v) is 3.39. The summed E-state index contributed by atoms with van der Waals surface area (Å²) >= 11 is 0. The molecule has 0 aliphatic carbocycles. The van der Waals surface area contributed by atoms with E-state index < -0.39 is 0 Å². The van der Waals surface area contributed by atoms with Gasteiger partial charge >= 0.3 is 0 Å². The van der Waals surface area contributed by atoms with Gasteiger partial charge in [-0.2, -0.15) is 0 Å². The lowest BCUT2D eigenvalue weighted by Crippen LogP contribution is -2.57. The highest BCUT2D eigenvalue weighted by molar-refractivity contribution is 4.84. The Bertz CT molecular complexity index is 97.4. The van der Waals surface area contributed by atoms with Crippen molar-refractivity contribution in [2.24, 2.45) is 0 Å². The Hall–Kier alpha value is -0.0800. The minimum Gasteiger partial charge on any atom is -0.309 e. The average molecular weight is 142 g/mol. The van der Waals surface area contributed by atoms with E-state index in [-0.39, 0.29) is 0 Å². The maximum absolute atomic E-state index is 3.55. The van der Waals surface area contributed by atoms with Crippen LogP contribution in [0.3, 0.4) is 0 Å². The Morgan fingerprint density at radius 3 is 2.60 bits per heavy atom. The molecule has 1 atom stereocenters. The molecule has 1 heterocycles. The van der Waals surface area contributed by atoms with Crippen LogP contribution in [-0.4, -0.2) is 37.1 Å². The smallest absolute Gasteiger partial charge is 0.0324 e. The highest BCUT2D eigenvalue weighted by Crippen LogP contribution is 2.05. The predicted molar refractivity (Wildman–Crippen MR) is 44.2 cm³/mol. The summed E-state index contributed by atoms with van der Waals surface area (Å²) in [5.41, 5.74) is 0. The molecule has 0 amide bonds. The lowest BCUT2D eigenvalue weighted by Gasteiger charge is -2.38. The van der Waals surface area contributed by atoms with Crippen molar-refractivity contribution in [3.63, 3.8) is 0 Å². The molecule has 1 fully saturated rings. The molecule has 0 aromatic rings. The molecule has 0 aromatic heterocycles. The summed E-state index contributed by atoms with van der Waals surface area (Å²) in [6.45, 7) is 6.92. The number of nitrogens with one attached hydrogen (secondary N) is 1. The van der Waals surface area contributed by atoms with Gasteiger partial charge in [-0.25, -0.2) is 0 Å². The molecule has 60 valence electrons. The number of likely N-dealkylation sites (N-methyl/N-ethyl adjacent to an activating group) is 1. The van der Waals surface area contributed by atoms with Gasteiger partial charge in [-0.3, -0.25) is 0 Å². The molecular weight excluding hydrogens is 124 g/mol. The van der Waals surface area contributed by atoms with Crippen molar-refractivity contribution in [3.8, 4) is 0 Å². The molecule has 1 N–H and O–H groups in total. The number of nitrogens with zero attached hydrogens (tertiary/aromatic N) is 1. The summed E-state index contributed by atoms with van der Waals surface area (Å²) in [5, 5.41) is 3.55. The minimum absolute atomic E-state index is 0.693. The fraction of sp³-hybridized carbons (Fsp3) is 1.00. The Kier molecular flexibility index (Phi) is 2.69. The topological polar surface area (TPSA) is 15.3 Å². The van der Waals surface area contributed by atoms with Gasteiger partial charge in [0.2, 0.25) is 0 Å². The van der Waals surface area contributed by atoms with E-state index in [0.29, 0.717) is 6.04 Å². The summed E-state index contributed by atoms with van der Waals surface area (Å²) in [5.74, 6) is 0. The minimum atomic E-state index is 0.693. The van der Waals surface area contributed by atoms with Crippen LogP contribution in [0.1, 0.15) is 20.3 Å². The zero-order valence-electron chi connectivity index (χ0n) is 7.22. The molecule has 1 rings (SSSR count). The first kappa shape index (κ1) is 8.02. The van der Waals surface area contributed by atoms with Gasteiger partial charge in [0.25, 0.3) is 0 Å². The molecular formula is C8H18N2. The standard InChI is InChI=1S/C8H18N2/c1-4-7(2)9-8-5-10(3)6-8/h7-9H,4-6H2,1-3H3. The van der Waals surface area contributed by atoms with Gasteiger partial charge in [0.1, 0.15) is 0 Å². The molecule has 0 radical (unpaired) electrons.